The third-order valence-corrected chi connectivity index (χ3v) is 4.07. The number of benzene rings is 2. The molecule has 3 aromatic rings. The van der Waals surface area contributed by atoms with Crippen molar-refractivity contribution < 1.29 is 4.92 Å². The van der Waals surface area contributed by atoms with E-state index < -0.39 is 0 Å². The highest BCUT2D eigenvalue weighted by molar-refractivity contribution is 9.10. The van der Waals surface area contributed by atoms with Crippen LogP contribution < -0.4 is 0 Å². The minimum Gasteiger partial charge on any atom is -0.361 e. The molecule has 4 nitrogen and oxygen atoms in total. The molecule has 5 heteroatoms. The van der Waals surface area contributed by atoms with E-state index in [0.29, 0.717) is 0 Å². The number of hydrogen-bond acceptors (Lipinski definition) is 2. The molecule has 0 bridgehead atoms. The molecule has 0 fully saturated rings. The maximum atomic E-state index is 11.1. The molecule has 0 aliphatic carbocycles. The Bertz CT molecular complexity index is 798. The molecular formula is C16H13BrN2O2. The number of aromatic amines is 1. The first-order valence-electron chi connectivity index (χ1n) is 6.58. The van der Waals surface area contributed by atoms with Crippen molar-refractivity contribution in [2.24, 2.45) is 0 Å². The van der Waals surface area contributed by atoms with Crippen molar-refractivity contribution >= 4 is 26.8 Å². The average Bonchev–Trinajstić information content (AvgIpc) is 2.88. The fourth-order valence-electron chi connectivity index (χ4n) is 2.64. The van der Waals surface area contributed by atoms with Crippen LogP contribution in [0.25, 0.3) is 10.9 Å². The fourth-order valence-corrected chi connectivity index (χ4v) is 3.05. The molecule has 106 valence electrons. The summed E-state index contributed by atoms with van der Waals surface area (Å²) in [6.45, 7) is -0.127. The summed E-state index contributed by atoms with van der Waals surface area (Å²) in [6, 6.07) is 15.6. The molecule has 2 aromatic carbocycles. The number of hydrogen-bond donors (Lipinski definition) is 1. The lowest BCUT2D eigenvalue weighted by Gasteiger charge is -2.13. The summed E-state index contributed by atoms with van der Waals surface area (Å²) in [5.41, 5.74) is 2.89. The van der Waals surface area contributed by atoms with Crippen LogP contribution in [0.2, 0.25) is 0 Å². The lowest BCUT2D eigenvalue weighted by atomic mass is 9.91. The molecule has 21 heavy (non-hydrogen) atoms. The normalized spacial score (nSPS) is 12.4. The third kappa shape index (κ3) is 2.83. The Balaban J connectivity index is 2.13. The van der Waals surface area contributed by atoms with E-state index in [1.54, 1.807) is 0 Å². The SMILES string of the molecule is O=[N+]([O-])C[C@H](c1cccc(Br)c1)c1c[nH]c2ccccc12. The first kappa shape index (κ1) is 13.8. The van der Waals surface area contributed by atoms with Gasteiger partial charge in [-0.2, -0.15) is 0 Å². The summed E-state index contributed by atoms with van der Waals surface area (Å²) in [4.78, 5) is 14.0. The average molecular weight is 345 g/mol. The topological polar surface area (TPSA) is 58.9 Å². The number of nitrogens with one attached hydrogen (secondary N) is 1. The quantitative estimate of drug-likeness (QED) is 0.565. The minimum atomic E-state index is -0.270. The van der Waals surface area contributed by atoms with Crippen molar-refractivity contribution in [1.29, 1.82) is 0 Å². The first-order valence-corrected chi connectivity index (χ1v) is 7.38. The second-order valence-corrected chi connectivity index (χ2v) is 5.83. The summed E-state index contributed by atoms with van der Waals surface area (Å²) in [7, 11) is 0. The summed E-state index contributed by atoms with van der Waals surface area (Å²) < 4.78 is 0.924. The van der Waals surface area contributed by atoms with Gasteiger partial charge in [0, 0.05) is 26.5 Å². The number of fused-ring (bicyclic) bond motifs is 1. The summed E-state index contributed by atoms with van der Waals surface area (Å²) in [6.07, 6.45) is 1.87. The van der Waals surface area contributed by atoms with Crippen LogP contribution in [0, 0.1) is 10.1 Å². The van der Waals surface area contributed by atoms with E-state index in [1.807, 2.05) is 54.7 Å². The molecule has 1 N–H and O–H groups in total. The Labute approximate surface area is 130 Å². The predicted octanol–water partition coefficient (Wildman–Crippen LogP) is 4.34. The van der Waals surface area contributed by atoms with Crippen molar-refractivity contribution in [3.05, 3.63) is 80.4 Å². The number of para-hydroxylation sites is 1. The van der Waals surface area contributed by atoms with E-state index >= 15 is 0 Å². The zero-order chi connectivity index (χ0) is 14.8. The van der Waals surface area contributed by atoms with Gasteiger partial charge in [0.15, 0.2) is 0 Å². The fraction of sp³-hybridized carbons (Fsp3) is 0.125. The highest BCUT2D eigenvalue weighted by Gasteiger charge is 2.23. The maximum absolute atomic E-state index is 11.1. The van der Waals surface area contributed by atoms with Gasteiger partial charge in [-0.25, -0.2) is 0 Å². The van der Waals surface area contributed by atoms with Crippen molar-refractivity contribution in [2.75, 3.05) is 6.54 Å². The number of rotatable bonds is 4. The van der Waals surface area contributed by atoms with Crippen LogP contribution in [0.1, 0.15) is 17.0 Å². The summed E-state index contributed by atoms with van der Waals surface area (Å²) >= 11 is 3.43. The maximum Gasteiger partial charge on any atom is 0.214 e. The second kappa shape index (κ2) is 5.69. The summed E-state index contributed by atoms with van der Waals surface area (Å²) in [5, 5.41) is 12.1. The van der Waals surface area contributed by atoms with Crippen LogP contribution in [-0.4, -0.2) is 16.5 Å². The molecule has 1 atom stereocenters. The zero-order valence-electron chi connectivity index (χ0n) is 11.1. The Morgan fingerprint density at radius 2 is 2.00 bits per heavy atom. The van der Waals surface area contributed by atoms with Crippen LogP contribution in [0.5, 0.6) is 0 Å². The lowest BCUT2D eigenvalue weighted by molar-refractivity contribution is -0.481. The van der Waals surface area contributed by atoms with Crippen molar-refractivity contribution in [3.8, 4) is 0 Å². The number of H-pyrrole nitrogens is 1. The molecule has 0 unspecified atom stereocenters. The van der Waals surface area contributed by atoms with Gasteiger partial charge >= 0.3 is 0 Å². The van der Waals surface area contributed by atoms with E-state index in [1.165, 1.54) is 0 Å². The van der Waals surface area contributed by atoms with E-state index in [4.69, 9.17) is 0 Å². The van der Waals surface area contributed by atoms with Crippen molar-refractivity contribution in [1.82, 2.24) is 4.98 Å². The van der Waals surface area contributed by atoms with E-state index in [2.05, 4.69) is 20.9 Å². The molecule has 1 heterocycles. The molecule has 3 rings (SSSR count). The molecule has 0 saturated heterocycles. The standard InChI is InChI=1S/C16H13BrN2O2/c17-12-5-3-4-11(8-12)15(10-19(20)21)14-9-18-16-7-2-1-6-13(14)16/h1-9,15,18H,10H2/t15-/m1/s1. The lowest BCUT2D eigenvalue weighted by Crippen LogP contribution is -2.13. The van der Waals surface area contributed by atoms with Crippen molar-refractivity contribution in [2.45, 2.75) is 5.92 Å². The Morgan fingerprint density at radius 3 is 2.76 bits per heavy atom. The van der Waals surface area contributed by atoms with Gasteiger partial charge in [0.1, 0.15) is 0 Å². The Kier molecular flexibility index (Phi) is 3.75. The van der Waals surface area contributed by atoms with E-state index in [0.717, 1.165) is 26.5 Å². The van der Waals surface area contributed by atoms with Gasteiger partial charge in [-0.05, 0) is 29.3 Å². The van der Waals surface area contributed by atoms with Gasteiger partial charge in [-0.1, -0.05) is 46.3 Å². The van der Waals surface area contributed by atoms with Gasteiger partial charge in [-0.3, -0.25) is 10.1 Å². The Hall–Kier alpha value is -2.14. The zero-order valence-corrected chi connectivity index (χ0v) is 12.7. The van der Waals surface area contributed by atoms with Crippen LogP contribution in [-0.2, 0) is 0 Å². The smallest absolute Gasteiger partial charge is 0.214 e. The van der Waals surface area contributed by atoms with Gasteiger partial charge in [-0.15, -0.1) is 0 Å². The van der Waals surface area contributed by atoms with Gasteiger partial charge in [0.25, 0.3) is 0 Å². The first-order chi connectivity index (χ1) is 10.1. The molecule has 0 spiro atoms. The minimum absolute atomic E-state index is 0.127. The molecule has 1 aromatic heterocycles. The highest BCUT2D eigenvalue weighted by atomic mass is 79.9. The molecule has 0 aliphatic heterocycles. The van der Waals surface area contributed by atoms with E-state index in [9.17, 15) is 10.1 Å². The number of nitro groups is 1. The van der Waals surface area contributed by atoms with Crippen LogP contribution in [0.3, 0.4) is 0 Å². The van der Waals surface area contributed by atoms with E-state index in [-0.39, 0.29) is 17.4 Å². The number of aromatic nitrogens is 1. The van der Waals surface area contributed by atoms with Gasteiger partial charge in [0.05, 0.1) is 5.92 Å². The van der Waals surface area contributed by atoms with Gasteiger partial charge < -0.3 is 4.98 Å². The van der Waals surface area contributed by atoms with Crippen molar-refractivity contribution in [3.63, 3.8) is 0 Å². The molecular weight excluding hydrogens is 332 g/mol. The molecule has 0 saturated carbocycles. The van der Waals surface area contributed by atoms with Crippen LogP contribution >= 0.6 is 15.9 Å². The molecule has 0 amide bonds. The largest absolute Gasteiger partial charge is 0.361 e. The third-order valence-electron chi connectivity index (χ3n) is 3.58. The number of nitrogens with zero attached hydrogens (tertiary/aromatic N) is 1. The highest BCUT2D eigenvalue weighted by Crippen LogP contribution is 2.32. The summed E-state index contributed by atoms with van der Waals surface area (Å²) in [5.74, 6) is -0.270. The second-order valence-electron chi connectivity index (χ2n) is 4.91. The Morgan fingerprint density at radius 1 is 1.19 bits per heavy atom. The number of halogens is 1. The molecule has 0 aliphatic rings. The van der Waals surface area contributed by atoms with Crippen LogP contribution in [0.15, 0.2) is 59.2 Å². The van der Waals surface area contributed by atoms with Gasteiger partial charge in [0.2, 0.25) is 6.54 Å². The monoisotopic (exact) mass is 344 g/mol. The van der Waals surface area contributed by atoms with Crippen LogP contribution in [0.4, 0.5) is 0 Å². The molecule has 0 radical (unpaired) electrons. The predicted molar refractivity (Wildman–Crippen MR) is 86.1 cm³/mol.